The lowest BCUT2D eigenvalue weighted by molar-refractivity contribution is 0.471. The summed E-state index contributed by atoms with van der Waals surface area (Å²) in [6.07, 6.45) is 4.67. The van der Waals surface area contributed by atoms with Crippen molar-refractivity contribution >= 4 is 15.9 Å². The molecule has 1 aromatic carbocycles. The number of hydrogen-bond donors (Lipinski definition) is 2. The van der Waals surface area contributed by atoms with E-state index in [1.807, 2.05) is 36.1 Å². The van der Waals surface area contributed by atoms with Gasteiger partial charge >= 0.3 is 0 Å². The van der Waals surface area contributed by atoms with Gasteiger partial charge in [-0.2, -0.15) is 0 Å². The van der Waals surface area contributed by atoms with Crippen LogP contribution in [0.3, 0.4) is 0 Å². The van der Waals surface area contributed by atoms with E-state index in [2.05, 4.69) is 26.2 Å². The average Bonchev–Trinajstić information content (AvgIpc) is 2.75. The fourth-order valence-electron chi connectivity index (χ4n) is 1.73. The molecule has 96 valence electrons. The number of imidazole rings is 1. The van der Waals surface area contributed by atoms with E-state index in [0.29, 0.717) is 0 Å². The Labute approximate surface area is 115 Å². The Hall–Kier alpha value is -1.33. The van der Waals surface area contributed by atoms with Gasteiger partial charge in [0.05, 0.1) is 4.47 Å². The average molecular weight is 310 g/mol. The van der Waals surface area contributed by atoms with Crippen molar-refractivity contribution < 1.29 is 5.11 Å². The highest BCUT2D eigenvalue weighted by molar-refractivity contribution is 9.10. The van der Waals surface area contributed by atoms with Gasteiger partial charge in [0, 0.05) is 39.0 Å². The molecular weight excluding hydrogens is 294 g/mol. The van der Waals surface area contributed by atoms with Gasteiger partial charge in [-0.1, -0.05) is 6.07 Å². The maximum Gasteiger partial charge on any atom is 0.129 e. The number of benzene rings is 1. The third kappa shape index (κ3) is 3.34. The highest BCUT2D eigenvalue weighted by Crippen LogP contribution is 2.24. The van der Waals surface area contributed by atoms with Crippen LogP contribution in [0.25, 0.3) is 0 Å². The van der Waals surface area contributed by atoms with E-state index >= 15 is 0 Å². The number of nitrogens with zero attached hydrogens (tertiary/aromatic N) is 2. The van der Waals surface area contributed by atoms with Crippen molar-refractivity contribution in [2.75, 3.05) is 6.54 Å². The second-order valence-corrected chi connectivity index (χ2v) is 5.02. The number of nitrogens with one attached hydrogen (secondary N) is 1. The second kappa shape index (κ2) is 6.02. The Morgan fingerprint density at radius 1 is 1.44 bits per heavy atom. The standard InChI is InChI=1S/C13H16BrN3O/c1-17-7-6-16-13(17)4-5-15-9-10-2-3-12(18)11(14)8-10/h2-3,6-8,15,18H,4-5,9H2,1H3. The van der Waals surface area contributed by atoms with Crippen LogP contribution in [0.15, 0.2) is 35.1 Å². The summed E-state index contributed by atoms with van der Waals surface area (Å²) in [5.74, 6) is 1.35. The molecule has 5 heteroatoms. The SMILES string of the molecule is Cn1ccnc1CCNCc1ccc(O)c(Br)c1. The zero-order valence-corrected chi connectivity index (χ0v) is 11.8. The number of rotatable bonds is 5. The molecule has 0 atom stereocenters. The maximum atomic E-state index is 9.39. The van der Waals surface area contributed by atoms with Crippen molar-refractivity contribution in [2.45, 2.75) is 13.0 Å². The maximum absolute atomic E-state index is 9.39. The summed E-state index contributed by atoms with van der Waals surface area (Å²) in [5.41, 5.74) is 1.14. The lowest BCUT2D eigenvalue weighted by Crippen LogP contribution is -2.18. The van der Waals surface area contributed by atoms with Gasteiger partial charge in [0.15, 0.2) is 0 Å². The number of aromatic hydroxyl groups is 1. The topological polar surface area (TPSA) is 50.1 Å². The minimum Gasteiger partial charge on any atom is -0.507 e. The first kappa shape index (κ1) is 13.1. The van der Waals surface area contributed by atoms with Crippen LogP contribution in [0.4, 0.5) is 0 Å². The van der Waals surface area contributed by atoms with Gasteiger partial charge in [-0.15, -0.1) is 0 Å². The van der Waals surface area contributed by atoms with Crippen molar-refractivity contribution in [3.05, 3.63) is 46.5 Å². The molecule has 2 N–H and O–H groups in total. The van der Waals surface area contributed by atoms with E-state index in [0.717, 1.165) is 35.4 Å². The molecule has 0 aliphatic rings. The van der Waals surface area contributed by atoms with Crippen LogP contribution in [0.1, 0.15) is 11.4 Å². The predicted octanol–water partition coefficient (Wildman–Crippen LogP) is 2.22. The van der Waals surface area contributed by atoms with Crippen molar-refractivity contribution in [3.8, 4) is 5.75 Å². The third-order valence-corrected chi connectivity index (χ3v) is 3.42. The molecule has 0 spiro atoms. The Bertz CT molecular complexity index is 525. The third-order valence-electron chi connectivity index (χ3n) is 2.79. The molecule has 0 amide bonds. The molecule has 2 aromatic rings. The van der Waals surface area contributed by atoms with Crippen LogP contribution >= 0.6 is 15.9 Å². The van der Waals surface area contributed by atoms with Crippen LogP contribution in [-0.4, -0.2) is 21.2 Å². The molecule has 18 heavy (non-hydrogen) atoms. The molecule has 0 aliphatic heterocycles. The number of aryl methyl sites for hydroxylation is 1. The van der Waals surface area contributed by atoms with Crippen LogP contribution in [-0.2, 0) is 20.0 Å². The molecule has 0 radical (unpaired) electrons. The minimum atomic E-state index is 0.270. The predicted molar refractivity (Wildman–Crippen MR) is 74.4 cm³/mol. The lowest BCUT2D eigenvalue weighted by Gasteiger charge is -2.06. The van der Waals surface area contributed by atoms with E-state index in [-0.39, 0.29) is 5.75 Å². The molecule has 0 aliphatic carbocycles. The van der Waals surface area contributed by atoms with Crippen LogP contribution < -0.4 is 5.32 Å². The number of phenolic OH excluding ortho intramolecular Hbond substituents is 1. The van der Waals surface area contributed by atoms with Gasteiger partial charge < -0.3 is 15.0 Å². The van der Waals surface area contributed by atoms with Crippen LogP contribution in [0, 0.1) is 0 Å². The molecule has 2 rings (SSSR count). The minimum absolute atomic E-state index is 0.270. The number of hydrogen-bond acceptors (Lipinski definition) is 3. The molecule has 0 unspecified atom stereocenters. The van der Waals surface area contributed by atoms with E-state index in [9.17, 15) is 5.11 Å². The zero-order valence-electron chi connectivity index (χ0n) is 10.2. The fourth-order valence-corrected chi connectivity index (χ4v) is 2.16. The lowest BCUT2D eigenvalue weighted by atomic mass is 10.2. The fraction of sp³-hybridized carbons (Fsp3) is 0.308. The number of halogens is 1. The van der Waals surface area contributed by atoms with Crippen molar-refractivity contribution in [3.63, 3.8) is 0 Å². The second-order valence-electron chi connectivity index (χ2n) is 4.17. The number of phenols is 1. The monoisotopic (exact) mass is 309 g/mol. The summed E-state index contributed by atoms with van der Waals surface area (Å²) in [4.78, 5) is 4.27. The summed E-state index contributed by atoms with van der Waals surface area (Å²) < 4.78 is 2.75. The van der Waals surface area contributed by atoms with Gasteiger partial charge in [-0.05, 0) is 33.6 Å². The molecule has 0 saturated heterocycles. The van der Waals surface area contributed by atoms with E-state index < -0.39 is 0 Å². The first-order valence-electron chi connectivity index (χ1n) is 5.81. The highest BCUT2D eigenvalue weighted by Gasteiger charge is 2.01. The van der Waals surface area contributed by atoms with Gasteiger partial charge in [0.1, 0.15) is 11.6 Å². The molecule has 0 bridgehead atoms. The van der Waals surface area contributed by atoms with Crippen molar-refractivity contribution in [1.29, 1.82) is 0 Å². The van der Waals surface area contributed by atoms with Gasteiger partial charge in [0.25, 0.3) is 0 Å². The van der Waals surface area contributed by atoms with Crippen molar-refractivity contribution in [2.24, 2.45) is 7.05 Å². The summed E-state index contributed by atoms with van der Waals surface area (Å²) in [5, 5.41) is 12.8. The Morgan fingerprint density at radius 2 is 2.28 bits per heavy atom. The van der Waals surface area contributed by atoms with Gasteiger partial charge in [-0.3, -0.25) is 0 Å². The zero-order chi connectivity index (χ0) is 13.0. The summed E-state index contributed by atoms with van der Waals surface area (Å²) in [7, 11) is 2.00. The quantitative estimate of drug-likeness (QED) is 0.833. The van der Waals surface area contributed by atoms with Gasteiger partial charge in [0.2, 0.25) is 0 Å². The molecule has 0 fully saturated rings. The molecular formula is C13H16BrN3O. The summed E-state index contributed by atoms with van der Waals surface area (Å²) in [6, 6.07) is 5.52. The Morgan fingerprint density at radius 3 is 2.94 bits per heavy atom. The van der Waals surface area contributed by atoms with Gasteiger partial charge in [-0.25, -0.2) is 4.98 Å². The largest absolute Gasteiger partial charge is 0.507 e. The highest BCUT2D eigenvalue weighted by atomic mass is 79.9. The molecule has 1 heterocycles. The summed E-state index contributed by atoms with van der Waals surface area (Å²) >= 11 is 3.30. The number of aromatic nitrogens is 2. The normalized spacial score (nSPS) is 10.8. The molecule has 1 aromatic heterocycles. The smallest absolute Gasteiger partial charge is 0.129 e. The van der Waals surface area contributed by atoms with E-state index in [4.69, 9.17) is 0 Å². The first-order valence-corrected chi connectivity index (χ1v) is 6.60. The van der Waals surface area contributed by atoms with Crippen molar-refractivity contribution in [1.82, 2.24) is 14.9 Å². The van der Waals surface area contributed by atoms with E-state index in [1.54, 1.807) is 6.07 Å². The van der Waals surface area contributed by atoms with E-state index in [1.165, 1.54) is 0 Å². The van der Waals surface area contributed by atoms with Crippen LogP contribution in [0.2, 0.25) is 0 Å². The Kier molecular flexibility index (Phi) is 4.38. The first-order chi connectivity index (χ1) is 8.66. The Balaban J connectivity index is 1.78. The molecule has 4 nitrogen and oxygen atoms in total. The summed E-state index contributed by atoms with van der Waals surface area (Å²) in [6.45, 7) is 1.66. The van der Waals surface area contributed by atoms with Crippen LogP contribution in [0.5, 0.6) is 5.75 Å². The molecule has 0 saturated carbocycles.